The van der Waals surface area contributed by atoms with Gasteiger partial charge in [0, 0.05) is 7.05 Å². The van der Waals surface area contributed by atoms with Gasteiger partial charge in [0.2, 0.25) is 5.91 Å². The molecule has 1 fully saturated rings. The van der Waals surface area contributed by atoms with Crippen molar-refractivity contribution in [3.63, 3.8) is 0 Å². The summed E-state index contributed by atoms with van der Waals surface area (Å²) in [6, 6.07) is 3.82. The molecule has 0 radical (unpaired) electrons. The molecule has 0 aliphatic heterocycles. The first-order chi connectivity index (χ1) is 7.09. The summed E-state index contributed by atoms with van der Waals surface area (Å²) in [6.07, 6.45) is 1.61. The lowest BCUT2D eigenvalue weighted by Gasteiger charge is -2.20. The monoisotopic (exact) mass is 289 g/mol. The van der Waals surface area contributed by atoms with E-state index in [2.05, 4.69) is 15.9 Å². The van der Waals surface area contributed by atoms with Crippen LogP contribution in [0.4, 0.5) is 5.00 Å². The predicted octanol–water partition coefficient (Wildman–Crippen LogP) is 2.25. The van der Waals surface area contributed by atoms with Crippen molar-refractivity contribution in [2.75, 3.05) is 18.6 Å². The molecule has 1 aliphatic rings. The molecule has 1 aromatic heterocycles. The van der Waals surface area contributed by atoms with Crippen molar-refractivity contribution < 1.29 is 9.90 Å². The van der Waals surface area contributed by atoms with Crippen LogP contribution in [0.5, 0.6) is 0 Å². The van der Waals surface area contributed by atoms with E-state index >= 15 is 0 Å². The summed E-state index contributed by atoms with van der Waals surface area (Å²) < 4.78 is 1.01. The average molecular weight is 290 g/mol. The Hall–Kier alpha value is -0.390. The number of rotatable bonds is 3. The number of nitrogens with zero attached hydrogens (tertiary/aromatic N) is 1. The summed E-state index contributed by atoms with van der Waals surface area (Å²) in [6.45, 7) is -0.0390. The lowest BCUT2D eigenvalue weighted by Crippen LogP contribution is -2.35. The highest BCUT2D eigenvalue weighted by Gasteiger charge is 2.51. The topological polar surface area (TPSA) is 40.5 Å². The molecule has 0 saturated heterocycles. The van der Waals surface area contributed by atoms with E-state index in [4.69, 9.17) is 0 Å². The number of aliphatic hydroxyl groups is 1. The quantitative estimate of drug-likeness (QED) is 0.927. The Balaban J connectivity index is 2.15. The zero-order valence-electron chi connectivity index (χ0n) is 8.36. The van der Waals surface area contributed by atoms with Crippen LogP contribution >= 0.6 is 27.3 Å². The van der Waals surface area contributed by atoms with Crippen LogP contribution in [0.1, 0.15) is 12.8 Å². The number of carbonyl (C=O) groups excluding carboxylic acids is 1. The van der Waals surface area contributed by atoms with Gasteiger partial charge < -0.3 is 10.0 Å². The van der Waals surface area contributed by atoms with Gasteiger partial charge in [0.15, 0.2) is 0 Å². The Morgan fingerprint density at radius 3 is 2.73 bits per heavy atom. The van der Waals surface area contributed by atoms with Crippen LogP contribution in [-0.4, -0.2) is 24.7 Å². The van der Waals surface area contributed by atoms with Crippen LogP contribution < -0.4 is 4.90 Å². The Morgan fingerprint density at radius 1 is 1.67 bits per heavy atom. The van der Waals surface area contributed by atoms with Gasteiger partial charge in [-0.2, -0.15) is 0 Å². The van der Waals surface area contributed by atoms with Gasteiger partial charge in [0.05, 0.1) is 20.8 Å². The van der Waals surface area contributed by atoms with Crippen LogP contribution in [-0.2, 0) is 4.79 Å². The summed E-state index contributed by atoms with van der Waals surface area (Å²) in [5.74, 6) is 0.0272. The second kappa shape index (κ2) is 3.88. The number of aliphatic hydroxyl groups excluding tert-OH is 1. The molecule has 0 spiro atoms. The molecule has 1 saturated carbocycles. The van der Waals surface area contributed by atoms with Gasteiger partial charge in [-0.3, -0.25) is 4.79 Å². The van der Waals surface area contributed by atoms with Gasteiger partial charge in [0.1, 0.15) is 0 Å². The molecule has 2 rings (SSSR count). The predicted molar refractivity (Wildman–Crippen MR) is 64.2 cm³/mol. The third kappa shape index (κ3) is 1.96. The van der Waals surface area contributed by atoms with Gasteiger partial charge in [-0.15, -0.1) is 11.3 Å². The van der Waals surface area contributed by atoms with Crippen LogP contribution in [0.15, 0.2) is 15.9 Å². The van der Waals surface area contributed by atoms with Crippen molar-refractivity contribution in [2.24, 2.45) is 5.41 Å². The van der Waals surface area contributed by atoms with E-state index in [1.807, 2.05) is 12.1 Å². The van der Waals surface area contributed by atoms with Crippen molar-refractivity contribution in [3.8, 4) is 0 Å². The van der Waals surface area contributed by atoms with E-state index in [1.54, 1.807) is 11.9 Å². The number of thiophene rings is 1. The number of anilines is 1. The molecule has 0 bridgehead atoms. The average Bonchev–Trinajstić information content (AvgIpc) is 2.93. The van der Waals surface area contributed by atoms with E-state index in [0.29, 0.717) is 0 Å². The van der Waals surface area contributed by atoms with Crippen molar-refractivity contribution in [2.45, 2.75) is 12.8 Å². The molecule has 1 aromatic rings. The molecule has 3 nitrogen and oxygen atoms in total. The second-order valence-corrected chi connectivity index (χ2v) is 6.32. The van der Waals surface area contributed by atoms with Crippen LogP contribution in [0.2, 0.25) is 0 Å². The van der Waals surface area contributed by atoms with E-state index in [-0.39, 0.29) is 12.5 Å². The summed E-state index contributed by atoms with van der Waals surface area (Å²) in [7, 11) is 1.76. The molecular weight excluding hydrogens is 278 g/mol. The molecule has 5 heteroatoms. The Kier molecular flexibility index (Phi) is 2.87. The maximum absolute atomic E-state index is 12.0. The van der Waals surface area contributed by atoms with Gasteiger partial charge in [-0.25, -0.2) is 0 Å². The Morgan fingerprint density at radius 2 is 2.33 bits per heavy atom. The van der Waals surface area contributed by atoms with Crippen molar-refractivity contribution in [3.05, 3.63) is 15.9 Å². The minimum Gasteiger partial charge on any atom is -0.395 e. The summed E-state index contributed by atoms with van der Waals surface area (Å²) in [4.78, 5) is 13.7. The SMILES string of the molecule is CN(C(=O)C1(CO)CC1)c1ccc(Br)s1. The summed E-state index contributed by atoms with van der Waals surface area (Å²) in [5, 5.41) is 10.1. The van der Waals surface area contributed by atoms with E-state index in [1.165, 1.54) is 11.3 Å². The maximum atomic E-state index is 12.0. The summed E-state index contributed by atoms with van der Waals surface area (Å²) in [5.41, 5.74) is -0.481. The fourth-order valence-electron chi connectivity index (χ4n) is 1.53. The van der Waals surface area contributed by atoms with Crippen LogP contribution in [0.25, 0.3) is 0 Å². The number of hydrogen-bond donors (Lipinski definition) is 1. The van der Waals surface area contributed by atoms with Crippen molar-refractivity contribution in [1.82, 2.24) is 0 Å². The normalized spacial score (nSPS) is 17.5. The first-order valence-corrected chi connectivity index (χ1v) is 6.34. The molecule has 0 atom stereocenters. The van der Waals surface area contributed by atoms with E-state index in [9.17, 15) is 9.90 Å². The minimum atomic E-state index is -0.481. The van der Waals surface area contributed by atoms with Gasteiger partial charge >= 0.3 is 0 Å². The highest BCUT2D eigenvalue weighted by atomic mass is 79.9. The molecule has 1 aliphatic carbocycles. The third-order valence-electron chi connectivity index (χ3n) is 2.80. The van der Waals surface area contributed by atoms with E-state index in [0.717, 1.165) is 21.6 Å². The minimum absolute atomic E-state index is 0.0272. The molecule has 1 N–H and O–H groups in total. The van der Waals surface area contributed by atoms with E-state index < -0.39 is 5.41 Å². The first-order valence-electron chi connectivity index (χ1n) is 4.73. The molecule has 15 heavy (non-hydrogen) atoms. The highest BCUT2D eigenvalue weighted by Crippen LogP contribution is 2.47. The molecular formula is C10H12BrNO2S. The van der Waals surface area contributed by atoms with Crippen LogP contribution in [0, 0.1) is 5.41 Å². The van der Waals surface area contributed by atoms with Gasteiger partial charge in [0.25, 0.3) is 0 Å². The molecule has 0 unspecified atom stereocenters. The number of halogens is 1. The first kappa shape index (κ1) is 11.1. The lowest BCUT2D eigenvalue weighted by molar-refractivity contribution is -0.124. The van der Waals surface area contributed by atoms with Crippen molar-refractivity contribution >= 4 is 38.2 Å². The third-order valence-corrected chi connectivity index (χ3v) is 4.50. The van der Waals surface area contributed by atoms with Gasteiger partial charge in [-0.1, -0.05) is 0 Å². The number of hydrogen-bond acceptors (Lipinski definition) is 3. The standard InChI is InChI=1S/C10H12BrNO2S/c1-12(8-3-2-7(11)15-8)9(14)10(6-13)4-5-10/h2-3,13H,4-6H2,1H3. The molecule has 1 heterocycles. The number of carbonyl (C=O) groups is 1. The second-order valence-electron chi connectivity index (χ2n) is 3.88. The zero-order valence-corrected chi connectivity index (χ0v) is 10.8. The van der Waals surface area contributed by atoms with Gasteiger partial charge in [-0.05, 0) is 40.9 Å². The van der Waals surface area contributed by atoms with Crippen LogP contribution in [0.3, 0.4) is 0 Å². The molecule has 0 aromatic carbocycles. The zero-order chi connectivity index (χ0) is 11.1. The Labute approximate surface area is 101 Å². The largest absolute Gasteiger partial charge is 0.395 e. The fraction of sp³-hybridized carbons (Fsp3) is 0.500. The smallest absolute Gasteiger partial charge is 0.235 e. The Bertz CT molecular complexity index is 387. The fourth-order valence-corrected chi connectivity index (χ4v) is 2.85. The molecule has 1 amide bonds. The highest BCUT2D eigenvalue weighted by molar-refractivity contribution is 9.11. The summed E-state index contributed by atoms with van der Waals surface area (Å²) >= 11 is 4.88. The molecule has 82 valence electrons. The lowest BCUT2D eigenvalue weighted by atomic mass is 10.1. The maximum Gasteiger partial charge on any atom is 0.235 e. The van der Waals surface area contributed by atoms with Crippen molar-refractivity contribution in [1.29, 1.82) is 0 Å². The number of amides is 1.